The van der Waals surface area contributed by atoms with Crippen LogP contribution in [0.15, 0.2) is 30.6 Å². The first-order valence-corrected chi connectivity index (χ1v) is 11.5. The Labute approximate surface area is 191 Å². The summed E-state index contributed by atoms with van der Waals surface area (Å²) in [6, 6.07) is 6.96. The third kappa shape index (κ3) is 3.66. The SMILES string of the molecule is CC1(C(=O)NC2CCCC2)Cn2cnc(C(=O)Nc3cccc(Cl)c3)c2C(=O)N1C1CC1. The molecule has 5 rings (SSSR count). The van der Waals surface area contributed by atoms with Crippen molar-refractivity contribution in [2.45, 2.75) is 69.6 Å². The van der Waals surface area contributed by atoms with Crippen LogP contribution >= 0.6 is 11.6 Å². The number of anilines is 1. The quantitative estimate of drug-likeness (QED) is 0.723. The molecule has 1 unspecified atom stereocenters. The topological polar surface area (TPSA) is 96.3 Å². The molecule has 3 amide bonds. The van der Waals surface area contributed by atoms with E-state index in [2.05, 4.69) is 15.6 Å². The van der Waals surface area contributed by atoms with Crippen molar-refractivity contribution in [3.63, 3.8) is 0 Å². The zero-order valence-corrected chi connectivity index (χ0v) is 18.7. The summed E-state index contributed by atoms with van der Waals surface area (Å²) in [5.41, 5.74) is -0.219. The van der Waals surface area contributed by atoms with Crippen molar-refractivity contribution < 1.29 is 14.4 Å². The number of rotatable bonds is 5. The van der Waals surface area contributed by atoms with E-state index in [0.717, 1.165) is 38.5 Å². The average Bonchev–Trinajstić information content (AvgIpc) is 3.26. The average molecular weight is 456 g/mol. The number of carbonyl (C=O) groups excluding carboxylic acids is 3. The third-order valence-corrected chi connectivity index (χ3v) is 6.89. The Bertz CT molecular complexity index is 1090. The van der Waals surface area contributed by atoms with Gasteiger partial charge < -0.3 is 20.1 Å². The van der Waals surface area contributed by atoms with Crippen molar-refractivity contribution in [1.82, 2.24) is 19.8 Å². The van der Waals surface area contributed by atoms with Gasteiger partial charge >= 0.3 is 0 Å². The highest BCUT2D eigenvalue weighted by molar-refractivity contribution is 6.31. The molecule has 1 atom stereocenters. The lowest BCUT2D eigenvalue weighted by Gasteiger charge is -2.44. The zero-order valence-electron chi connectivity index (χ0n) is 17.9. The van der Waals surface area contributed by atoms with Crippen molar-refractivity contribution in [2.75, 3.05) is 5.32 Å². The number of hydrogen-bond donors (Lipinski definition) is 2. The molecule has 1 aliphatic heterocycles. The molecular weight excluding hydrogens is 430 g/mol. The molecule has 2 N–H and O–H groups in total. The van der Waals surface area contributed by atoms with E-state index in [0.29, 0.717) is 10.7 Å². The van der Waals surface area contributed by atoms with Crippen molar-refractivity contribution in [3.05, 3.63) is 47.0 Å². The molecule has 0 saturated heterocycles. The largest absolute Gasteiger partial charge is 0.351 e. The summed E-state index contributed by atoms with van der Waals surface area (Å²) in [6.07, 6.45) is 7.37. The maximum absolute atomic E-state index is 13.6. The number of imidazole rings is 1. The van der Waals surface area contributed by atoms with Crippen molar-refractivity contribution in [2.24, 2.45) is 0 Å². The van der Waals surface area contributed by atoms with Crippen molar-refractivity contribution >= 4 is 35.0 Å². The normalized spacial score (nSPS) is 23.2. The predicted molar refractivity (Wildman–Crippen MR) is 120 cm³/mol. The van der Waals surface area contributed by atoms with Crippen LogP contribution in [0.3, 0.4) is 0 Å². The van der Waals surface area contributed by atoms with Gasteiger partial charge in [-0.1, -0.05) is 30.5 Å². The van der Waals surface area contributed by atoms with E-state index in [1.165, 1.54) is 6.33 Å². The van der Waals surface area contributed by atoms with E-state index in [1.807, 2.05) is 6.92 Å². The highest BCUT2D eigenvalue weighted by Gasteiger charge is 2.54. The van der Waals surface area contributed by atoms with Crippen LogP contribution in [0.2, 0.25) is 5.02 Å². The number of fused-ring (bicyclic) bond motifs is 1. The highest BCUT2D eigenvalue weighted by atomic mass is 35.5. The molecule has 2 aliphatic carbocycles. The van der Waals surface area contributed by atoms with Crippen LogP contribution < -0.4 is 10.6 Å². The van der Waals surface area contributed by atoms with Gasteiger partial charge in [0, 0.05) is 22.8 Å². The number of amides is 3. The Morgan fingerprint density at radius 1 is 1.19 bits per heavy atom. The van der Waals surface area contributed by atoms with Gasteiger partial charge in [0.2, 0.25) is 5.91 Å². The Morgan fingerprint density at radius 2 is 1.94 bits per heavy atom. The lowest BCUT2D eigenvalue weighted by molar-refractivity contribution is -0.134. The minimum atomic E-state index is -1.02. The second-order valence-corrected chi connectivity index (χ2v) is 9.61. The number of carbonyl (C=O) groups is 3. The molecule has 9 heteroatoms. The minimum absolute atomic E-state index is 0.00863. The summed E-state index contributed by atoms with van der Waals surface area (Å²) < 4.78 is 1.64. The summed E-state index contributed by atoms with van der Waals surface area (Å²) in [4.78, 5) is 45.9. The zero-order chi connectivity index (χ0) is 22.5. The van der Waals surface area contributed by atoms with Crippen LogP contribution in [0.1, 0.15) is 66.4 Å². The molecule has 168 valence electrons. The molecule has 2 fully saturated rings. The smallest absolute Gasteiger partial charge is 0.276 e. The Kier molecular flexibility index (Phi) is 5.20. The molecule has 8 nitrogen and oxygen atoms in total. The summed E-state index contributed by atoms with van der Waals surface area (Å²) in [7, 11) is 0. The number of nitrogens with zero attached hydrogens (tertiary/aromatic N) is 3. The molecule has 2 aromatic rings. The lowest BCUT2D eigenvalue weighted by atomic mass is 9.93. The monoisotopic (exact) mass is 455 g/mol. The molecule has 0 radical (unpaired) electrons. The van der Waals surface area contributed by atoms with Crippen LogP contribution in [0, 0.1) is 0 Å². The van der Waals surface area contributed by atoms with Crippen LogP contribution in [0.5, 0.6) is 0 Å². The van der Waals surface area contributed by atoms with E-state index in [-0.39, 0.29) is 41.8 Å². The molecule has 1 aromatic heterocycles. The Balaban J connectivity index is 1.44. The third-order valence-electron chi connectivity index (χ3n) is 6.66. The number of nitrogens with one attached hydrogen (secondary N) is 2. The van der Waals surface area contributed by atoms with Crippen molar-refractivity contribution in [1.29, 1.82) is 0 Å². The number of benzene rings is 1. The van der Waals surface area contributed by atoms with E-state index >= 15 is 0 Å². The van der Waals surface area contributed by atoms with Gasteiger partial charge in [0.05, 0.1) is 12.9 Å². The predicted octanol–water partition coefficient (Wildman–Crippen LogP) is 3.22. The number of aromatic nitrogens is 2. The van der Waals surface area contributed by atoms with Gasteiger partial charge in [0.25, 0.3) is 11.8 Å². The molecule has 3 aliphatic rings. The summed E-state index contributed by atoms with van der Waals surface area (Å²) in [5.74, 6) is -0.936. The molecule has 0 spiro atoms. The van der Waals surface area contributed by atoms with Crippen molar-refractivity contribution in [3.8, 4) is 0 Å². The maximum atomic E-state index is 13.6. The highest BCUT2D eigenvalue weighted by Crippen LogP contribution is 2.39. The summed E-state index contributed by atoms with van der Waals surface area (Å²) >= 11 is 6.00. The van der Waals surface area contributed by atoms with Gasteiger partial charge in [-0.05, 0) is 50.8 Å². The first kappa shape index (κ1) is 21.0. The van der Waals surface area contributed by atoms with E-state index in [4.69, 9.17) is 11.6 Å². The number of hydrogen-bond acceptors (Lipinski definition) is 4. The van der Waals surface area contributed by atoms with Gasteiger partial charge in [-0.3, -0.25) is 14.4 Å². The van der Waals surface area contributed by atoms with Crippen LogP contribution in [0.25, 0.3) is 0 Å². The lowest BCUT2D eigenvalue weighted by Crippen LogP contribution is -2.65. The molecule has 0 bridgehead atoms. The fourth-order valence-electron chi connectivity index (χ4n) is 4.89. The Morgan fingerprint density at radius 3 is 2.62 bits per heavy atom. The first-order valence-electron chi connectivity index (χ1n) is 11.1. The van der Waals surface area contributed by atoms with Gasteiger partial charge in [-0.15, -0.1) is 0 Å². The number of halogens is 1. The van der Waals surface area contributed by atoms with Gasteiger partial charge in [0.1, 0.15) is 11.2 Å². The molecule has 2 saturated carbocycles. The standard InChI is InChI=1S/C23H26ClN5O3/c1-23(22(32)27-15-6-2-3-7-15)12-28-13-25-18(19(28)21(31)29(23)17-9-10-17)20(30)26-16-8-4-5-14(24)11-16/h4-5,8,11,13,15,17H,2-3,6-7,9-10,12H2,1H3,(H,26,30)(H,27,32). The maximum Gasteiger partial charge on any atom is 0.276 e. The summed E-state index contributed by atoms with van der Waals surface area (Å²) in [5, 5.41) is 6.42. The van der Waals surface area contributed by atoms with E-state index in [1.54, 1.807) is 33.7 Å². The molecule has 32 heavy (non-hydrogen) atoms. The minimum Gasteiger partial charge on any atom is -0.351 e. The van der Waals surface area contributed by atoms with E-state index in [9.17, 15) is 14.4 Å². The van der Waals surface area contributed by atoms with Gasteiger partial charge in [-0.25, -0.2) is 4.98 Å². The molecular formula is C23H26ClN5O3. The summed E-state index contributed by atoms with van der Waals surface area (Å²) in [6.45, 7) is 2.09. The first-order chi connectivity index (χ1) is 15.4. The molecule has 1 aromatic carbocycles. The van der Waals surface area contributed by atoms with Gasteiger partial charge in [-0.2, -0.15) is 0 Å². The second kappa shape index (κ2) is 7.92. The van der Waals surface area contributed by atoms with Crippen LogP contribution in [-0.4, -0.2) is 49.8 Å². The fraction of sp³-hybridized carbons (Fsp3) is 0.478. The van der Waals surface area contributed by atoms with E-state index < -0.39 is 11.4 Å². The fourth-order valence-corrected chi connectivity index (χ4v) is 5.08. The second-order valence-electron chi connectivity index (χ2n) is 9.17. The van der Waals surface area contributed by atoms with Crippen LogP contribution in [0.4, 0.5) is 5.69 Å². The molecule has 2 heterocycles. The van der Waals surface area contributed by atoms with Gasteiger partial charge in [0.15, 0.2) is 5.69 Å². The Hall–Kier alpha value is -2.87. The van der Waals surface area contributed by atoms with Crippen LogP contribution in [-0.2, 0) is 11.3 Å².